The number of rotatable bonds is 5. The van der Waals surface area contributed by atoms with Crippen LogP contribution in [0.1, 0.15) is 43.7 Å². The Morgan fingerprint density at radius 1 is 1.43 bits per heavy atom. The highest BCUT2D eigenvalue weighted by Gasteiger charge is 2.25. The largest absolute Gasteiger partial charge is 0.361 e. The smallest absolute Gasteiger partial charge is 0.227 e. The fraction of sp³-hybridized carbons (Fsp3) is 0.733. The highest BCUT2D eigenvalue weighted by atomic mass is 35.5. The molecule has 0 bridgehead atoms. The second-order valence-corrected chi connectivity index (χ2v) is 5.38. The number of amides is 1. The molecule has 6 heteroatoms. The minimum atomic E-state index is 0. The Labute approximate surface area is 132 Å². The summed E-state index contributed by atoms with van der Waals surface area (Å²) in [5.74, 6) is 1.05. The summed E-state index contributed by atoms with van der Waals surface area (Å²) in [4.78, 5) is 14.5. The van der Waals surface area contributed by atoms with Crippen LogP contribution >= 0.6 is 12.4 Å². The standard InChI is InChI=1S/C15H25N3O2.ClH/c1-4-13-12(14(5-2)20-17-13)9-15(19)18-8-6-7-11(10-18)16-3;/h11,16H,4-10H2,1-3H3;1H. The van der Waals surface area contributed by atoms with Crippen LogP contribution in [0.15, 0.2) is 4.52 Å². The van der Waals surface area contributed by atoms with E-state index >= 15 is 0 Å². The van der Waals surface area contributed by atoms with Crippen LogP contribution in [-0.4, -0.2) is 42.1 Å². The Balaban J connectivity index is 0.00000220. The molecule has 1 aliphatic rings. The molecule has 1 atom stereocenters. The third-order valence-electron chi connectivity index (χ3n) is 4.12. The number of aromatic nitrogens is 1. The molecule has 2 heterocycles. The van der Waals surface area contributed by atoms with Crippen LogP contribution in [0.25, 0.3) is 0 Å². The predicted octanol–water partition coefficient (Wildman–Crippen LogP) is 1.97. The van der Waals surface area contributed by atoms with Crippen LogP contribution in [0, 0.1) is 0 Å². The van der Waals surface area contributed by atoms with Gasteiger partial charge in [-0.1, -0.05) is 19.0 Å². The van der Waals surface area contributed by atoms with Gasteiger partial charge in [0.1, 0.15) is 5.76 Å². The van der Waals surface area contributed by atoms with E-state index in [2.05, 4.69) is 10.5 Å². The molecule has 5 nitrogen and oxygen atoms in total. The van der Waals surface area contributed by atoms with Gasteiger partial charge in [-0.3, -0.25) is 4.79 Å². The summed E-state index contributed by atoms with van der Waals surface area (Å²) in [7, 11) is 1.96. The summed E-state index contributed by atoms with van der Waals surface area (Å²) in [6.45, 7) is 5.75. The number of likely N-dealkylation sites (N-methyl/N-ethyl adjacent to an activating group) is 1. The van der Waals surface area contributed by atoms with Crippen molar-refractivity contribution in [3.05, 3.63) is 17.0 Å². The molecule has 1 aliphatic heterocycles. The Morgan fingerprint density at radius 2 is 2.19 bits per heavy atom. The molecular weight excluding hydrogens is 290 g/mol. The maximum absolute atomic E-state index is 12.5. The van der Waals surface area contributed by atoms with Crippen LogP contribution < -0.4 is 5.32 Å². The Bertz CT molecular complexity index is 440. The molecule has 0 saturated carbocycles. The number of halogens is 1. The van der Waals surface area contributed by atoms with Crippen LogP contribution in [0.3, 0.4) is 0 Å². The monoisotopic (exact) mass is 315 g/mol. The van der Waals surface area contributed by atoms with Crippen molar-refractivity contribution in [2.45, 2.75) is 52.0 Å². The molecule has 120 valence electrons. The summed E-state index contributed by atoms with van der Waals surface area (Å²) < 4.78 is 5.33. The van der Waals surface area contributed by atoms with Gasteiger partial charge in [-0.2, -0.15) is 0 Å². The van der Waals surface area contributed by atoms with Gasteiger partial charge >= 0.3 is 0 Å². The van der Waals surface area contributed by atoms with Crippen molar-refractivity contribution in [2.75, 3.05) is 20.1 Å². The van der Waals surface area contributed by atoms with E-state index < -0.39 is 0 Å². The zero-order chi connectivity index (χ0) is 14.5. The summed E-state index contributed by atoms with van der Waals surface area (Å²) in [6, 6.07) is 0.423. The van der Waals surface area contributed by atoms with E-state index in [4.69, 9.17) is 4.52 Å². The van der Waals surface area contributed by atoms with Crippen molar-refractivity contribution in [1.82, 2.24) is 15.4 Å². The van der Waals surface area contributed by atoms with Gasteiger partial charge < -0.3 is 14.7 Å². The van der Waals surface area contributed by atoms with Gasteiger partial charge in [0.05, 0.1) is 12.1 Å². The molecule has 0 spiro atoms. The van der Waals surface area contributed by atoms with Crippen molar-refractivity contribution >= 4 is 18.3 Å². The summed E-state index contributed by atoms with van der Waals surface area (Å²) in [5, 5.41) is 7.34. The average molecular weight is 316 g/mol. The number of nitrogens with zero attached hydrogens (tertiary/aromatic N) is 2. The highest BCUT2D eigenvalue weighted by molar-refractivity contribution is 5.85. The van der Waals surface area contributed by atoms with Gasteiger partial charge in [0.2, 0.25) is 5.91 Å². The first kappa shape index (κ1) is 18.0. The SMILES string of the molecule is CCc1noc(CC)c1CC(=O)N1CCCC(NC)C1.Cl. The van der Waals surface area contributed by atoms with Gasteiger partial charge in [0.15, 0.2) is 0 Å². The average Bonchev–Trinajstić information content (AvgIpc) is 2.89. The molecule has 1 aromatic rings. The topological polar surface area (TPSA) is 58.4 Å². The molecule has 0 aliphatic carbocycles. The van der Waals surface area contributed by atoms with E-state index in [1.807, 2.05) is 25.8 Å². The number of nitrogens with one attached hydrogen (secondary N) is 1. The van der Waals surface area contributed by atoms with Crippen LogP contribution in [-0.2, 0) is 24.1 Å². The van der Waals surface area contributed by atoms with Crippen molar-refractivity contribution in [1.29, 1.82) is 0 Å². The summed E-state index contributed by atoms with van der Waals surface area (Å²) in [6.07, 6.45) is 4.24. The normalized spacial score (nSPS) is 18.4. The maximum Gasteiger partial charge on any atom is 0.227 e. The fourth-order valence-corrected chi connectivity index (χ4v) is 2.84. The second-order valence-electron chi connectivity index (χ2n) is 5.38. The molecule has 1 saturated heterocycles. The van der Waals surface area contributed by atoms with E-state index in [9.17, 15) is 4.79 Å². The van der Waals surface area contributed by atoms with E-state index in [0.717, 1.165) is 55.8 Å². The fourth-order valence-electron chi connectivity index (χ4n) is 2.84. The van der Waals surface area contributed by atoms with Crippen molar-refractivity contribution in [2.24, 2.45) is 0 Å². The maximum atomic E-state index is 12.5. The molecule has 1 N–H and O–H groups in total. The Kier molecular flexibility index (Phi) is 7.18. The molecule has 2 rings (SSSR count). The molecule has 1 aromatic heterocycles. The van der Waals surface area contributed by atoms with Crippen molar-refractivity contribution in [3.8, 4) is 0 Å². The lowest BCUT2D eigenvalue weighted by Crippen LogP contribution is -2.47. The van der Waals surface area contributed by atoms with E-state index in [1.165, 1.54) is 0 Å². The molecule has 21 heavy (non-hydrogen) atoms. The molecular formula is C15H26ClN3O2. The number of carbonyl (C=O) groups excluding carboxylic acids is 1. The molecule has 1 amide bonds. The molecule has 0 aromatic carbocycles. The van der Waals surface area contributed by atoms with E-state index in [-0.39, 0.29) is 18.3 Å². The zero-order valence-electron chi connectivity index (χ0n) is 13.1. The van der Waals surface area contributed by atoms with Gasteiger partial charge in [-0.05, 0) is 26.3 Å². The molecule has 0 radical (unpaired) electrons. The van der Waals surface area contributed by atoms with E-state index in [1.54, 1.807) is 0 Å². The molecule has 1 unspecified atom stereocenters. The number of hydrogen-bond acceptors (Lipinski definition) is 4. The Morgan fingerprint density at radius 3 is 2.81 bits per heavy atom. The van der Waals surface area contributed by atoms with Crippen LogP contribution in [0.4, 0.5) is 0 Å². The van der Waals surface area contributed by atoms with Gasteiger partial charge in [-0.25, -0.2) is 0 Å². The highest BCUT2D eigenvalue weighted by Crippen LogP contribution is 2.19. The zero-order valence-corrected chi connectivity index (χ0v) is 14.0. The molecule has 1 fully saturated rings. The number of piperidine rings is 1. The van der Waals surface area contributed by atoms with Gasteiger partial charge in [0.25, 0.3) is 0 Å². The lowest BCUT2D eigenvalue weighted by molar-refractivity contribution is -0.131. The Hall–Kier alpha value is -1.07. The van der Waals surface area contributed by atoms with Crippen molar-refractivity contribution in [3.63, 3.8) is 0 Å². The first-order valence-corrected chi connectivity index (χ1v) is 7.60. The number of hydrogen-bond donors (Lipinski definition) is 1. The first-order chi connectivity index (χ1) is 9.69. The summed E-state index contributed by atoms with van der Waals surface area (Å²) >= 11 is 0. The minimum absolute atomic E-state index is 0. The van der Waals surface area contributed by atoms with Gasteiger partial charge in [-0.15, -0.1) is 12.4 Å². The predicted molar refractivity (Wildman–Crippen MR) is 84.9 cm³/mol. The third-order valence-corrected chi connectivity index (χ3v) is 4.12. The first-order valence-electron chi connectivity index (χ1n) is 7.60. The number of likely N-dealkylation sites (tertiary alicyclic amines) is 1. The quantitative estimate of drug-likeness (QED) is 0.902. The lowest BCUT2D eigenvalue weighted by atomic mass is 10.0. The minimum Gasteiger partial charge on any atom is -0.361 e. The van der Waals surface area contributed by atoms with Crippen LogP contribution in [0.5, 0.6) is 0 Å². The lowest BCUT2D eigenvalue weighted by Gasteiger charge is -2.32. The summed E-state index contributed by atoms with van der Waals surface area (Å²) in [5.41, 5.74) is 1.93. The second kappa shape index (κ2) is 8.39. The van der Waals surface area contributed by atoms with Gasteiger partial charge in [0, 0.05) is 31.1 Å². The van der Waals surface area contributed by atoms with Crippen molar-refractivity contribution < 1.29 is 9.32 Å². The van der Waals surface area contributed by atoms with Crippen LogP contribution in [0.2, 0.25) is 0 Å². The third kappa shape index (κ3) is 4.20. The number of carbonyl (C=O) groups is 1. The number of aryl methyl sites for hydroxylation is 2. The van der Waals surface area contributed by atoms with E-state index in [0.29, 0.717) is 12.5 Å².